The lowest BCUT2D eigenvalue weighted by Crippen LogP contribution is -2.31. The first-order valence-electron chi connectivity index (χ1n) is 10.3. The van der Waals surface area contributed by atoms with Crippen molar-refractivity contribution >= 4 is 41.1 Å². The van der Waals surface area contributed by atoms with Crippen molar-refractivity contribution in [3.8, 4) is 5.75 Å². The summed E-state index contributed by atoms with van der Waals surface area (Å²) in [4.78, 5) is 39.0. The number of amides is 2. The molecular formula is C25H25ClN2O5. The molecule has 0 bridgehead atoms. The molecule has 2 amide bonds. The largest absolute Gasteiger partial charge is 0.484 e. The number of halogens is 1. The molecule has 0 atom stereocenters. The number of carbonyl (C=O) groups is 3. The highest BCUT2D eigenvalue weighted by Crippen LogP contribution is 2.33. The topological polar surface area (TPSA) is 84.9 Å². The molecule has 7 nitrogen and oxygen atoms in total. The second kappa shape index (κ2) is 10.4. The number of carbonyl (C=O) groups excluding carboxylic acids is 3. The third-order valence-electron chi connectivity index (χ3n) is 5.06. The molecule has 1 aliphatic heterocycles. The van der Waals surface area contributed by atoms with Gasteiger partial charge in [0.2, 0.25) is 0 Å². The van der Waals surface area contributed by atoms with Crippen LogP contribution < -0.4 is 10.1 Å². The summed E-state index contributed by atoms with van der Waals surface area (Å²) in [5.74, 6) is -0.671. The number of allylic oxidation sites excluding steroid dienone is 1. The molecule has 1 aliphatic rings. The van der Waals surface area contributed by atoms with Gasteiger partial charge in [0.05, 0.1) is 29.0 Å². The molecule has 2 aromatic rings. The van der Waals surface area contributed by atoms with Crippen LogP contribution in [0.25, 0.3) is 6.08 Å². The van der Waals surface area contributed by atoms with Crippen LogP contribution in [0.3, 0.4) is 0 Å². The van der Waals surface area contributed by atoms with Crippen LogP contribution in [0.15, 0.2) is 65.4 Å². The predicted octanol–water partition coefficient (Wildman–Crippen LogP) is 4.44. The molecule has 2 aromatic carbocycles. The van der Waals surface area contributed by atoms with Gasteiger partial charge in [-0.25, -0.2) is 4.79 Å². The van der Waals surface area contributed by atoms with Crippen molar-refractivity contribution in [3.63, 3.8) is 0 Å². The standard InChI is InChI=1S/C25H25ClN2O5/c1-15(2)28-16(3)23(25(31)32-4)19(24(28)30)13-17-9-11-18(12-10-17)33-14-22(29)27-21-8-6-5-7-20(21)26/h5-13,15H,14H2,1-4H3,(H,27,29)/b19-13-. The molecule has 0 aliphatic carbocycles. The van der Waals surface area contributed by atoms with Crippen LogP contribution in [0.1, 0.15) is 26.3 Å². The molecule has 0 fully saturated rings. The van der Waals surface area contributed by atoms with E-state index in [-0.39, 0.29) is 35.6 Å². The Morgan fingerprint density at radius 1 is 1.12 bits per heavy atom. The molecule has 3 rings (SSSR count). The van der Waals surface area contributed by atoms with Crippen molar-refractivity contribution in [2.75, 3.05) is 19.0 Å². The van der Waals surface area contributed by atoms with Crippen molar-refractivity contribution in [3.05, 3.63) is 76.0 Å². The van der Waals surface area contributed by atoms with Gasteiger partial charge in [-0.15, -0.1) is 0 Å². The van der Waals surface area contributed by atoms with E-state index in [4.69, 9.17) is 21.1 Å². The fourth-order valence-corrected chi connectivity index (χ4v) is 3.73. The number of para-hydroxylation sites is 1. The Balaban J connectivity index is 1.71. The van der Waals surface area contributed by atoms with E-state index in [1.807, 2.05) is 13.8 Å². The Morgan fingerprint density at radius 2 is 1.79 bits per heavy atom. The third-order valence-corrected chi connectivity index (χ3v) is 5.39. The van der Waals surface area contributed by atoms with Gasteiger partial charge in [0, 0.05) is 11.7 Å². The first-order valence-corrected chi connectivity index (χ1v) is 10.7. The maximum atomic E-state index is 12.9. The number of rotatable bonds is 7. The van der Waals surface area contributed by atoms with Crippen molar-refractivity contribution < 1.29 is 23.9 Å². The van der Waals surface area contributed by atoms with Crippen molar-refractivity contribution in [1.82, 2.24) is 4.90 Å². The lowest BCUT2D eigenvalue weighted by Gasteiger charge is -2.22. The molecule has 0 unspecified atom stereocenters. The van der Waals surface area contributed by atoms with Crippen LogP contribution in [0.2, 0.25) is 5.02 Å². The highest BCUT2D eigenvalue weighted by Gasteiger charge is 2.38. The predicted molar refractivity (Wildman–Crippen MR) is 127 cm³/mol. The Morgan fingerprint density at radius 3 is 2.39 bits per heavy atom. The molecule has 0 aromatic heterocycles. The molecule has 33 heavy (non-hydrogen) atoms. The molecule has 1 heterocycles. The summed E-state index contributed by atoms with van der Waals surface area (Å²) < 4.78 is 10.4. The average Bonchev–Trinajstić information content (AvgIpc) is 3.03. The monoisotopic (exact) mass is 468 g/mol. The summed E-state index contributed by atoms with van der Waals surface area (Å²) >= 11 is 6.04. The van der Waals surface area contributed by atoms with E-state index in [9.17, 15) is 14.4 Å². The molecule has 0 saturated carbocycles. The minimum Gasteiger partial charge on any atom is -0.484 e. The van der Waals surface area contributed by atoms with Gasteiger partial charge in [-0.2, -0.15) is 0 Å². The normalized spacial score (nSPS) is 14.8. The van der Waals surface area contributed by atoms with Gasteiger partial charge in [-0.05, 0) is 56.7 Å². The van der Waals surface area contributed by atoms with Gasteiger partial charge < -0.3 is 19.7 Å². The fourth-order valence-electron chi connectivity index (χ4n) is 3.54. The average molecular weight is 469 g/mol. The van der Waals surface area contributed by atoms with Gasteiger partial charge >= 0.3 is 5.97 Å². The van der Waals surface area contributed by atoms with E-state index in [0.29, 0.717) is 27.7 Å². The van der Waals surface area contributed by atoms with Gasteiger partial charge in [-0.1, -0.05) is 35.9 Å². The Labute approximate surface area is 197 Å². The summed E-state index contributed by atoms with van der Waals surface area (Å²) in [6.07, 6.45) is 1.65. The summed E-state index contributed by atoms with van der Waals surface area (Å²) in [6, 6.07) is 13.7. The molecule has 1 N–H and O–H groups in total. The van der Waals surface area contributed by atoms with Crippen LogP contribution in [0.5, 0.6) is 5.75 Å². The lowest BCUT2D eigenvalue weighted by atomic mass is 10.0. The van der Waals surface area contributed by atoms with Crippen LogP contribution in [0, 0.1) is 0 Å². The number of anilines is 1. The summed E-state index contributed by atoms with van der Waals surface area (Å²) in [5.41, 5.74) is 2.31. The number of ether oxygens (including phenoxy) is 2. The van der Waals surface area contributed by atoms with Crippen LogP contribution in [-0.4, -0.2) is 42.4 Å². The smallest absolute Gasteiger partial charge is 0.340 e. The number of benzene rings is 2. The maximum absolute atomic E-state index is 12.9. The second-order valence-electron chi connectivity index (χ2n) is 7.66. The summed E-state index contributed by atoms with van der Waals surface area (Å²) in [5, 5.41) is 3.13. The maximum Gasteiger partial charge on any atom is 0.340 e. The van der Waals surface area contributed by atoms with E-state index in [1.54, 1.807) is 66.4 Å². The van der Waals surface area contributed by atoms with Crippen LogP contribution in [0.4, 0.5) is 5.69 Å². The van der Waals surface area contributed by atoms with E-state index in [1.165, 1.54) is 7.11 Å². The number of hydrogen-bond acceptors (Lipinski definition) is 5. The van der Waals surface area contributed by atoms with Crippen molar-refractivity contribution in [2.45, 2.75) is 26.8 Å². The van der Waals surface area contributed by atoms with Crippen molar-refractivity contribution in [2.24, 2.45) is 0 Å². The fraction of sp³-hybridized carbons (Fsp3) is 0.240. The number of esters is 1. The molecule has 0 spiro atoms. The quantitative estimate of drug-likeness (QED) is 0.479. The second-order valence-corrected chi connectivity index (χ2v) is 8.07. The molecule has 0 saturated heterocycles. The van der Waals surface area contributed by atoms with Gasteiger partial charge in [0.25, 0.3) is 11.8 Å². The number of methoxy groups -OCH3 is 1. The first kappa shape index (κ1) is 24.1. The van der Waals surface area contributed by atoms with E-state index < -0.39 is 5.97 Å². The molecule has 0 radical (unpaired) electrons. The van der Waals surface area contributed by atoms with Crippen LogP contribution in [-0.2, 0) is 19.1 Å². The number of nitrogens with zero attached hydrogens (tertiary/aromatic N) is 1. The summed E-state index contributed by atoms with van der Waals surface area (Å²) in [6.45, 7) is 5.30. The highest BCUT2D eigenvalue weighted by molar-refractivity contribution is 6.33. The highest BCUT2D eigenvalue weighted by atomic mass is 35.5. The number of nitrogens with one attached hydrogen (secondary N) is 1. The van der Waals surface area contributed by atoms with Gasteiger partial charge in [0.1, 0.15) is 5.75 Å². The summed E-state index contributed by atoms with van der Waals surface area (Å²) in [7, 11) is 1.29. The zero-order chi connectivity index (χ0) is 24.1. The molecule has 172 valence electrons. The van der Waals surface area contributed by atoms with E-state index >= 15 is 0 Å². The molecule has 8 heteroatoms. The Hall–Kier alpha value is -3.58. The van der Waals surface area contributed by atoms with E-state index in [2.05, 4.69) is 5.32 Å². The van der Waals surface area contributed by atoms with Crippen LogP contribution >= 0.6 is 11.6 Å². The third kappa shape index (κ3) is 5.43. The molecular weight excluding hydrogens is 444 g/mol. The first-order chi connectivity index (χ1) is 15.7. The zero-order valence-electron chi connectivity index (χ0n) is 18.8. The zero-order valence-corrected chi connectivity index (χ0v) is 19.6. The Kier molecular flexibility index (Phi) is 7.55. The van der Waals surface area contributed by atoms with Gasteiger partial charge in [-0.3, -0.25) is 9.59 Å². The number of hydrogen-bond donors (Lipinski definition) is 1. The Bertz CT molecular complexity index is 1140. The lowest BCUT2D eigenvalue weighted by molar-refractivity contribution is -0.136. The minimum atomic E-state index is -0.556. The SMILES string of the molecule is COC(=O)C1=C(C)N(C(C)C)C(=O)/C1=C\c1ccc(OCC(=O)Nc2ccccc2Cl)cc1. The van der Waals surface area contributed by atoms with E-state index in [0.717, 1.165) is 0 Å². The minimum absolute atomic E-state index is 0.101. The van der Waals surface area contributed by atoms with Gasteiger partial charge in [0.15, 0.2) is 6.61 Å². The van der Waals surface area contributed by atoms with Crippen molar-refractivity contribution in [1.29, 1.82) is 0 Å².